The molecule has 150 valence electrons. The number of nitrogens with zero attached hydrogens (tertiary/aromatic N) is 4. The molecule has 0 bridgehead atoms. The van der Waals surface area contributed by atoms with Crippen LogP contribution in [-0.4, -0.2) is 34.1 Å². The minimum Gasteiger partial charge on any atom is -0.349 e. The average molecular weight is 420 g/mol. The number of carbonyl (C=O) groups is 1. The minimum absolute atomic E-state index is 0.121. The van der Waals surface area contributed by atoms with Crippen LogP contribution in [0.3, 0.4) is 0 Å². The van der Waals surface area contributed by atoms with Gasteiger partial charge in [-0.15, -0.1) is 11.3 Å². The molecule has 1 aliphatic rings. The first-order chi connectivity index (χ1) is 13.5. The Balaban J connectivity index is 1.51. The van der Waals surface area contributed by atoms with Crippen molar-refractivity contribution in [2.75, 3.05) is 18.0 Å². The highest BCUT2D eigenvalue weighted by molar-refractivity contribution is 7.29. The van der Waals surface area contributed by atoms with Gasteiger partial charge in [-0.25, -0.2) is 4.98 Å². The van der Waals surface area contributed by atoms with E-state index in [9.17, 15) is 4.79 Å². The van der Waals surface area contributed by atoms with Crippen LogP contribution < -0.4 is 10.2 Å². The largest absolute Gasteiger partial charge is 0.349 e. The molecule has 1 atom stereocenters. The highest BCUT2D eigenvalue weighted by Crippen LogP contribution is 2.39. The molecule has 3 aromatic rings. The van der Waals surface area contributed by atoms with Crippen LogP contribution >= 0.6 is 22.7 Å². The number of amides is 1. The van der Waals surface area contributed by atoms with Crippen molar-refractivity contribution in [3.63, 3.8) is 0 Å². The average Bonchev–Trinajstić information content (AvgIpc) is 3.09. The minimum atomic E-state index is -0.299. The van der Waals surface area contributed by atoms with Crippen molar-refractivity contribution < 1.29 is 9.32 Å². The van der Waals surface area contributed by atoms with E-state index >= 15 is 0 Å². The van der Waals surface area contributed by atoms with Crippen LogP contribution in [-0.2, 0) is 0 Å². The fraction of sp³-hybridized carbons (Fsp3) is 0.579. The van der Waals surface area contributed by atoms with Crippen molar-refractivity contribution >= 4 is 43.2 Å². The molecular formula is C19H25N5O2S2. The predicted molar refractivity (Wildman–Crippen MR) is 112 cm³/mol. The Labute approximate surface area is 172 Å². The number of fused-ring (bicyclic) bond motifs is 1. The lowest BCUT2D eigenvalue weighted by Gasteiger charge is -2.18. The van der Waals surface area contributed by atoms with Crippen molar-refractivity contribution in [2.45, 2.75) is 52.5 Å². The van der Waals surface area contributed by atoms with E-state index in [1.807, 2.05) is 19.9 Å². The first-order valence-electron chi connectivity index (χ1n) is 9.79. The molecule has 1 fully saturated rings. The molecule has 7 nitrogen and oxygen atoms in total. The molecule has 1 aliphatic carbocycles. The monoisotopic (exact) mass is 419 g/mol. The number of rotatable bonds is 8. The van der Waals surface area contributed by atoms with E-state index in [1.54, 1.807) is 11.3 Å². The van der Waals surface area contributed by atoms with Crippen molar-refractivity contribution in [1.82, 2.24) is 20.4 Å². The van der Waals surface area contributed by atoms with Gasteiger partial charge in [0.05, 0.1) is 9.58 Å². The topological polar surface area (TPSA) is 84.2 Å². The van der Waals surface area contributed by atoms with Gasteiger partial charge in [-0.2, -0.15) is 4.98 Å². The van der Waals surface area contributed by atoms with E-state index in [2.05, 4.69) is 34.2 Å². The zero-order valence-electron chi connectivity index (χ0n) is 16.6. The summed E-state index contributed by atoms with van der Waals surface area (Å²) in [5.74, 6) is 1.70. The predicted octanol–water partition coefficient (Wildman–Crippen LogP) is 4.59. The van der Waals surface area contributed by atoms with Gasteiger partial charge in [0.2, 0.25) is 5.89 Å². The molecule has 3 heterocycles. The Hall–Kier alpha value is -2.00. The Bertz CT molecular complexity index is 937. The number of nitrogens with one attached hydrogen (secondary N) is 1. The Morgan fingerprint density at radius 1 is 1.29 bits per heavy atom. The number of thiophene rings is 1. The lowest BCUT2D eigenvalue weighted by Crippen LogP contribution is -2.31. The number of carbonyl (C=O) groups excluding carboxylic acids is 1. The normalized spacial score (nSPS) is 15.3. The highest BCUT2D eigenvalue weighted by Gasteiger charge is 2.32. The molecule has 1 N–H and O–H groups in total. The van der Waals surface area contributed by atoms with Crippen molar-refractivity contribution in [1.29, 1.82) is 0 Å². The molecule has 0 radical (unpaired) electrons. The third-order valence-electron chi connectivity index (χ3n) is 4.96. The Morgan fingerprint density at radius 2 is 2.04 bits per heavy atom. The number of hydrogen-bond donors (Lipinski definition) is 1. The molecular weight excluding hydrogens is 394 g/mol. The van der Waals surface area contributed by atoms with Gasteiger partial charge in [-0.05, 0) is 38.7 Å². The van der Waals surface area contributed by atoms with Crippen LogP contribution in [0, 0.1) is 5.92 Å². The van der Waals surface area contributed by atoms with Crippen LogP contribution in [0.1, 0.15) is 73.9 Å². The molecule has 3 aromatic heterocycles. The van der Waals surface area contributed by atoms with Crippen LogP contribution in [0.4, 0.5) is 5.13 Å². The summed E-state index contributed by atoms with van der Waals surface area (Å²) in [6, 6.07) is 1.63. The van der Waals surface area contributed by atoms with Gasteiger partial charge in [0.15, 0.2) is 11.0 Å². The summed E-state index contributed by atoms with van der Waals surface area (Å²) in [6.07, 6.45) is 2.23. The molecule has 0 spiro atoms. The van der Waals surface area contributed by atoms with E-state index < -0.39 is 0 Å². The summed E-state index contributed by atoms with van der Waals surface area (Å²) in [4.78, 5) is 25.9. The highest BCUT2D eigenvalue weighted by atomic mass is 32.1. The zero-order chi connectivity index (χ0) is 19.8. The summed E-state index contributed by atoms with van der Waals surface area (Å²) < 4.78 is 6.50. The van der Waals surface area contributed by atoms with Crippen molar-refractivity contribution in [2.24, 2.45) is 5.92 Å². The molecule has 4 rings (SSSR count). The van der Waals surface area contributed by atoms with Gasteiger partial charge in [-0.1, -0.05) is 30.3 Å². The van der Waals surface area contributed by atoms with Gasteiger partial charge in [0.25, 0.3) is 5.91 Å². The van der Waals surface area contributed by atoms with Crippen LogP contribution in [0.2, 0.25) is 0 Å². The van der Waals surface area contributed by atoms with E-state index in [0.717, 1.165) is 46.4 Å². The first-order valence-corrected chi connectivity index (χ1v) is 11.4. The summed E-state index contributed by atoms with van der Waals surface area (Å²) in [6.45, 7) is 10.2. The molecule has 1 amide bonds. The SMILES string of the molecule is CCN(CC)c1nc2sc(C(=O)NC(c3nc(C4CC4)no3)C(C)C)cc2s1. The van der Waals surface area contributed by atoms with Gasteiger partial charge < -0.3 is 14.7 Å². The summed E-state index contributed by atoms with van der Waals surface area (Å²) in [5, 5.41) is 8.17. The van der Waals surface area contributed by atoms with E-state index in [1.165, 1.54) is 11.3 Å². The fourth-order valence-corrected chi connectivity index (χ4v) is 5.31. The lowest BCUT2D eigenvalue weighted by atomic mass is 10.0. The lowest BCUT2D eigenvalue weighted by molar-refractivity contribution is 0.0918. The summed E-state index contributed by atoms with van der Waals surface area (Å²) >= 11 is 3.06. The van der Waals surface area contributed by atoms with Gasteiger partial charge in [0.1, 0.15) is 10.9 Å². The molecule has 9 heteroatoms. The molecule has 0 aromatic carbocycles. The number of anilines is 1. The third kappa shape index (κ3) is 3.77. The van der Waals surface area contributed by atoms with E-state index in [-0.39, 0.29) is 17.9 Å². The smallest absolute Gasteiger partial charge is 0.262 e. The van der Waals surface area contributed by atoms with Gasteiger partial charge in [0, 0.05) is 19.0 Å². The standard InChI is InChI=1S/C19H25N5O2S2/c1-5-24(6-2)19-22-18-13(28-19)9-12(27-18)16(25)20-14(10(3)4)17-21-15(23-26-17)11-7-8-11/h9-11,14H,5-8H2,1-4H3,(H,20,25). The molecule has 1 unspecified atom stereocenters. The molecule has 0 aliphatic heterocycles. The molecule has 1 saturated carbocycles. The number of aromatic nitrogens is 3. The van der Waals surface area contributed by atoms with Crippen LogP contribution in [0.15, 0.2) is 10.6 Å². The maximum atomic E-state index is 12.9. The summed E-state index contributed by atoms with van der Waals surface area (Å²) in [5.41, 5.74) is 0. The summed E-state index contributed by atoms with van der Waals surface area (Å²) in [7, 11) is 0. The quantitative estimate of drug-likeness (QED) is 0.575. The van der Waals surface area contributed by atoms with Crippen LogP contribution in [0.25, 0.3) is 9.53 Å². The number of hydrogen-bond acceptors (Lipinski definition) is 8. The van der Waals surface area contributed by atoms with Crippen LogP contribution in [0.5, 0.6) is 0 Å². The van der Waals surface area contributed by atoms with Crippen molar-refractivity contribution in [3.8, 4) is 0 Å². The second-order valence-electron chi connectivity index (χ2n) is 7.41. The van der Waals surface area contributed by atoms with Crippen molar-refractivity contribution in [3.05, 3.63) is 22.7 Å². The molecule has 28 heavy (non-hydrogen) atoms. The third-order valence-corrected chi connectivity index (χ3v) is 7.18. The maximum absolute atomic E-state index is 12.9. The van der Waals surface area contributed by atoms with E-state index in [4.69, 9.17) is 9.51 Å². The maximum Gasteiger partial charge on any atom is 0.262 e. The zero-order valence-corrected chi connectivity index (χ0v) is 18.2. The molecule has 0 saturated heterocycles. The second kappa shape index (κ2) is 7.79. The Kier molecular flexibility index (Phi) is 5.37. The van der Waals surface area contributed by atoms with Gasteiger partial charge in [-0.3, -0.25) is 4.79 Å². The number of thiazole rings is 1. The van der Waals surface area contributed by atoms with E-state index in [0.29, 0.717) is 16.7 Å². The second-order valence-corrected chi connectivity index (χ2v) is 9.45. The first kappa shape index (κ1) is 19.3. The fourth-order valence-electron chi connectivity index (χ4n) is 3.07. The Morgan fingerprint density at radius 3 is 2.64 bits per heavy atom. The van der Waals surface area contributed by atoms with Gasteiger partial charge >= 0.3 is 0 Å².